The Labute approximate surface area is 176 Å². The summed E-state index contributed by atoms with van der Waals surface area (Å²) in [6.07, 6.45) is -4.01. The zero-order chi connectivity index (χ0) is 21.9. The Morgan fingerprint density at radius 2 is 1.77 bits per heavy atom. The first-order valence-electron chi connectivity index (χ1n) is 9.18. The van der Waals surface area contributed by atoms with Gasteiger partial charge in [-0.2, -0.15) is 13.2 Å². The van der Waals surface area contributed by atoms with Crippen molar-refractivity contribution < 1.29 is 17.9 Å². The summed E-state index contributed by atoms with van der Waals surface area (Å²) in [4.78, 5) is 17.4. The van der Waals surface area contributed by atoms with Gasteiger partial charge >= 0.3 is 6.18 Å². The first kappa shape index (κ1) is 22.0. The van der Waals surface area contributed by atoms with Crippen LogP contribution in [0.5, 0.6) is 5.75 Å². The zero-order valence-electron chi connectivity index (χ0n) is 16.8. The van der Waals surface area contributed by atoms with E-state index in [4.69, 9.17) is 4.74 Å². The van der Waals surface area contributed by atoms with E-state index in [1.807, 2.05) is 24.3 Å². The van der Waals surface area contributed by atoms with Crippen molar-refractivity contribution >= 4 is 11.8 Å². The van der Waals surface area contributed by atoms with Crippen molar-refractivity contribution in [3.05, 3.63) is 86.8 Å². The Balaban J connectivity index is 1.84. The summed E-state index contributed by atoms with van der Waals surface area (Å²) in [5.74, 6) is 0.792. The van der Waals surface area contributed by atoms with E-state index < -0.39 is 11.7 Å². The number of nitrogens with zero attached hydrogens (tertiary/aromatic N) is 2. The summed E-state index contributed by atoms with van der Waals surface area (Å²) < 4.78 is 46.1. The molecule has 1 aromatic heterocycles. The topological polar surface area (TPSA) is 44.1 Å². The second-order valence-electron chi connectivity index (χ2n) is 6.79. The molecular weight excluding hydrogens is 413 g/mol. The van der Waals surface area contributed by atoms with Gasteiger partial charge in [-0.25, -0.2) is 4.98 Å². The van der Waals surface area contributed by atoms with Gasteiger partial charge in [0.1, 0.15) is 5.75 Å². The smallest absolute Gasteiger partial charge is 0.416 e. The molecule has 0 amide bonds. The Bertz CT molecular complexity index is 1090. The van der Waals surface area contributed by atoms with Crippen molar-refractivity contribution in [3.63, 3.8) is 0 Å². The van der Waals surface area contributed by atoms with Crippen LogP contribution in [0.25, 0.3) is 0 Å². The molecule has 0 fully saturated rings. The van der Waals surface area contributed by atoms with Gasteiger partial charge in [-0.3, -0.25) is 9.36 Å². The molecule has 0 aliphatic heterocycles. The minimum atomic E-state index is -4.42. The lowest BCUT2D eigenvalue weighted by molar-refractivity contribution is -0.138. The van der Waals surface area contributed by atoms with Crippen molar-refractivity contribution in [2.75, 3.05) is 7.11 Å². The molecule has 0 spiro atoms. The monoisotopic (exact) mass is 434 g/mol. The number of ether oxygens (including phenoxy) is 1. The van der Waals surface area contributed by atoms with Crippen molar-refractivity contribution in [2.24, 2.45) is 7.05 Å². The lowest BCUT2D eigenvalue weighted by Crippen LogP contribution is -2.25. The Morgan fingerprint density at radius 1 is 1.10 bits per heavy atom. The molecule has 0 atom stereocenters. The highest BCUT2D eigenvalue weighted by Crippen LogP contribution is 2.34. The first-order valence-corrected chi connectivity index (χ1v) is 10.2. The first-order chi connectivity index (χ1) is 14.2. The second kappa shape index (κ2) is 8.95. The third-order valence-electron chi connectivity index (χ3n) is 4.77. The molecule has 0 unspecified atom stereocenters. The van der Waals surface area contributed by atoms with Crippen molar-refractivity contribution in [3.8, 4) is 5.75 Å². The van der Waals surface area contributed by atoms with Gasteiger partial charge < -0.3 is 4.74 Å². The number of hydrogen-bond acceptors (Lipinski definition) is 4. The average molecular weight is 434 g/mol. The van der Waals surface area contributed by atoms with E-state index in [0.29, 0.717) is 22.8 Å². The number of methoxy groups -OCH3 is 1. The normalized spacial score (nSPS) is 11.5. The van der Waals surface area contributed by atoms with E-state index in [0.717, 1.165) is 29.1 Å². The summed E-state index contributed by atoms with van der Waals surface area (Å²) in [6.45, 7) is 1.74. The largest absolute Gasteiger partial charge is 0.497 e. The van der Waals surface area contributed by atoms with Gasteiger partial charge in [0, 0.05) is 30.5 Å². The number of hydrogen-bond donors (Lipinski definition) is 0. The molecule has 0 aliphatic carbocycles. The summed E-state index contributed by atoms with van der Waals surface area (Å²) in [6, 6.07) is 12.9. The van der Waals surface area contributed by atoms with Gasteiger partial charge in [-0.05, 0) is 36.2 Å². The van der Waals surface area contributed by atoms with Gasteiger partial charge in [-0.1, -0.05) is 42.1 Å². The summed E-state index contributed by atoms with van der Waals surface area (Å²) >= 11 is 1.11. The molecule has 158 valence electrons. The lowest BCUT2D eigenvalue weighted by Gasteiger charge is -2.14. The zero-order valence-corrected chi connectivity index (χ0v) is 17.6. The van der Waals surface area contributed by atoms with Gasteiger partial charge in [-0.15, -0.1) is 0 Å². The third kappa shape index (κ3) is 4.87. The fourth-order valence-corrected chi connectivity index (χ4v) is 4.09. The average Bonchev–Trinajstić information content (AvgIpc) is 2.73. The second-order valence-corrected chi connectivity index (χ2v) is 7.73. The number of rotatable bonds is 6. The minimum Gasteiger partial charge on any atom is -0.497 e. The molecule has 1 heterocycles. The molecule has 0 saturated carbocycles. The minimum absolute atomic E-state index is 0.0627. The third-order valence-corrected chi connectivity index (χ3v) is 5.85. The molecule has 4 nitrogen and oxygen atoms in total. The molecule has 0 N–H and O–H groups in total. The number of aromatic nitrogens is 2. The number of aryl methyl sites for hydroxylation is 1. The Kier molecular flexibility index (Phi) is 6.55. The van der Waals surface area contributed by atoms with Gasteiger partial charge in [0.25, 0.3) is 5.56 Å². The number of benzene rings is 2. The van der Waals surface area contributed by atoms with Crippen LogP contribution in [0.4, 0.5) is 13.2 Å². The molecule has 0 bridgehead atoms. The van der Waals surface area contributed by atoms with Crippen molar-refractivity contribution in [1.29, 1.82) is 0 Å². The fraction of sp³-hybridized carbons (Fsp3) is 0.273. The molecule has 3 aromatic rings. The van der Waals surface area contributed by atoms with Crippen LogP contribution in [0.15, 0.2) is 58.5 Å². The van der Waals surface area contributed by atoms with Gasteiger partial charge in [0.15, 0.2) is 5.16 Å². The molecule has 30 heavy (non-hydrogen) atoms. The van der Waals surface area contributed by atoms with E-state index in [-0.39, 0.29) is 16.9 Å². The molecular formula is C22H21F3N2O2S. The molecule has 0 saturated heterocycles. The number of alkyl halides is 3. The van der Waals surface area contributed by atoms with Crippen LogP contribution in [-0.4, -0.2) is 16.7 Å². The predicted octanol–water partition coefficient (Wildman–Crippen LogP) is 5.00. The van der Waals surface area contributed by atoms with E-state index >= 15 is 0 Å². The maximum Gasteiger partial charge on any atom is 0.416 e. The van der Waals surface area contributed by atoms with Crippen LogP contribution in [0.3, 0.4) is 0 Å². The van der Waals surface area contributed by atoms with Crippen LogP contribution in [0, 0.1) is 6.92 Å². The van der Waals surface area contributed by atoms with Crippen LogP contribution >= 0.6 is 11.8 Å². The SMILES string of the molecule is COc1ccc(Cc2c(C)nc(SCc3ccccc3C(F)(F)F)n(C)c2=O)cc1. The molecule has 8 heteroatoms. The van der Waals surface area contributed by atoms with Crippen LogP contribution in [0.1, 0.15) is 27.9 Å². The number of thioether (sulfide) groups is 1. The maximum absolute atomic E-state index is 13.2. The quantitative estimate of drug-likeness (QED) is 0.405. The van der Waals surface area contributed by atoms with Gasteiger partial charge in [0.05, 0.1) is 12.7 Å². The van der Waals surface area contributed by atoms with E-state index in [9.17, 15) is 18.0 Å². The molecule has 0 aliphatic rings. The predicted molar refractivity (Wildman–Crippen MR) is 111 cm³/mol. The van der Waals surface area contributed by atoms with Crippen LogP contribution in [-0.2, 0) is 25.4 Å². The lowest BCUT2D eigenvalue weighted by atomic mass is 10.1. The molecule has 0 radical (unpaired) electrons. The van der Waals surface area contributed by atoms with Gasteiger partial charge in [0.2, 0.25) is 0 Å². The summed E-state index contributed by atoms with van der Waals surface area (Å²) in [7, 11) is 3.17. The molecule has 3 rings (SSSR count). The van der Waals surface area contributed by atoms with E-state index in [1.165, 1.54) is 16.7 Å². The van der Waals surface area contributed by atoms with E-state index in [2.05, 4.69) is 4.98 Å². The van der Waals surface area contributed by atoms with E-state index in [1.54, 1.807) is 27.1 Å². The Morgan fingerprint density at radius 3 is 2.40 bits per heavy atom. The van der Waals surface area contributed by atoms with Crippen LogP contribution in [0.2, 0.25) is 0 Å². The van der Waals surface area contributed by atoms with Crippen molar-refractivity contribution in [2.45, 2.75) is 30.4 Å². The Hall–Kier alpha value is -2.74. The van der Waals surface area contributed by atoms with Crippen LogP contribution < -0.4 is 10.3 Å². The highest BCUT2D eigenvalue weighted by atomic mass is 32.2. The standard InChI is InChI=1S/C22H21F3N2O2S/c1-14-18(12-15-8-10-17(29-3)11-9-15)20(28)27(2)21(26-14)30-13-16-6-4-5-7-19(16)22(23,24)25/h4-11H,12-13H2,1-3H3. The summed E-state index contributed by atoms with van der Waals surface area (Å²) in [5.41, 5.74) is 1.35. The fourth-order valence-electron chi connectivity index (χ4n) is 3.08. The number of halogens is 3. The summed E-state index contributed by atoms with van der Waals surface area (Å²) in [5, 5.41) is 0.382. The maximum atomic E-state index is 13.2. The van der Waals surface area contributed by atoms with Crippen molar-refractivity contribution in [1.82, 2.24) is 9.55 Å². The molecule has 2 aromatic carbocycles. The highest BCUT2D eigenvalue weighted by Gasteiger charge is 2.32. The highest BCUT2D eigenvalue weighted by molar-refractivity contribution is 7.98.